The van der Waals surface area contributed by atoms with E-state index < -0.39 is 19.0 Å². The van der Waals surface area contributed by atoms with Gasteiger partial charge in [-0.05, 0) is 12.8 Å². The summed E-state index contributed by atoms with van der Waals surface area (Å²) in [5.74, 6) is -2.80. The molecule has 2 aliphatic rings. The summed E-state index contributed by atoms with van der Waals surface area (Å²) >= 11 is 0. The first-order valence-electron chi connectivity index (χ1n) is 5.47. The number of carbonyl (C=O) groups excluding carboxylic acids is 1. The minimum absolute atomic E-state index is 0.102. The second kappa shape index (κ2) is 4.16. The quantitative estimate of drug-likeness (QED) is 0.682. The van der Waals surface area contributed by atoms with Crippen LogP contribution in [0.5, 0.6) is 0 Å². The maximum atomic E-state index is 13.4. The van der Waals surface area contributed by atoms with E-state index in [0.717, 1.165) is 4.90 Å². The number of carbonyl (C=O) groups is 1. The zero-order chi connectivity index (χ0) is 11.8. The van der Waals surface area contributed by atoms with E-state index in [1.807, 2.05) is 0 Å². The van der Waals surface area contributed by atoms with Crippen LogP contribution in [0.3, 0.4) is 0 Å². The van der Waals surface area contributed by atoms with Crippen LogP contribution in [-0.2, 0) is 4.74 Å². The van der Waals surface area contributed by atoms with Gasteiger partial charge in [-0.15, -0.1) is 0 Å². The molecule has 0 radical (unpaired) electrons. The minimum Gasteiger partial charge on any atom is -0.381 e. The Balaban J connectivity index is 2.08. The summed E-state index contributed by atoms with van der Waals surface area (Å²) in [5, 5.41) is 0. The molecule has 16 heavy (non-hydrogen) atoms. The molecule has 2 amide bonds. The molecule has 2 saturated heterocycles. The zero-order valence-corrected chi connectivity index (χ0v) is 9.29. The fraction of sp³-hybridized carbons (Fsp3) is 0.900. The Bertz CT molecular complexity index is 280. The highest BCUT2D eigenvalue weighted by atomic mass is 19.3. The highest BCUT2D eigenvalue weighted by Crippen LogP contribution is 2.27. The molecular formula is C10H16F2N2O2. The molecule has 0 aromatic carbocycles. The molecule has 0 aromatic heterocycles. The first-order valence-corrected chi connectivity index (χ1v) is 5.47. The van der Waals surface area contributed by atoms with Crippen molar-refractivity contribution in [2.24, 2.45) is 0 Å². The largest absolute Gasteiger partial charge is 0.381 e. The summed E-state index contributed by atoms with van der Waals surface area (Å²) in [4.78, 5) is 14.2. The third-order valence-corrected chi connectivity index (χ3v) is 3.07. The molecule has 0 aliphatic carbocycles. The van der Waals surface area contributed by atoms with E-state index in [1.54, 1.807) is 0 Å². The molecule has 4 nitrogen and oxygen atoms in total. The van der Waals surface area contributed by atoms with Crippen molar-refractivity contribution >= 4 is 6.03 Å². The number of urea groups is 1. The Labute approximate surface area is 93.1 Å². The standard InChI is InChI=1S/C10H16F2N2O2/c1-13-6-10(11,12)7-14(9(13)15)8-2-4-16-5-3-8/h8H,2-7H2,1H3. The first-order chi connectivity index (χ1) is 7.49. The Hall–Kier alpha value is -0.910. The van der Waals surface area contributed by atoms with Crippen LogP contribution in [0.1, 0.15) is 12.8 Å². The lowest BCUT2D eigenvalue weighted by atomic mass is 10.1. The number of halogens is 2. The van der Waals surface area contributed by atoms with Crippen LogP contribution in [-0.4, -0.2) is 61.1 Å². The van der Waals surface area contributed by atoms with E-state index in [-0.39, 0.29) is 12.1 Å². The molecule has 0 N–H and O–H groups in total. The number of amides is 2. The van der Waals surface area contributed by atoms with Gasteiger partial charge in [-0.1, -0.05) is 0 Å². The van der Waals surface area contributed by atoms with E-state index in [1.165, 1.54) is 11.9 Å². The van der Waals surface area contributed by atoms with E-state index in [4.69, 9.17) is 4.74 Å². The molecular weight excluding hydrogens is 218 g/mol. The molecule has 2 rings (SSSR count). The molecule has 92 valence electrons. The van der Waals surface area contributed by atoms with Crippen molar-refractivity contribution in [2.45, 2.75) is 24.8 Å². The smallest absolute Gasteiger partial charge is 0.320 e. The second-order valence-electron chi connectivity index (χ2n) is 4.47. The topological polar surface area (TPSA) is 32.8 Å². The van der Waals surface area contributed by atoms with Crippen LogP contribution >= 0.6 is 0 Å². The molecule has 2 heterocycles. The lowest BCUT2D eigenvalue weighted by Gasteiger charge is -2.43. The average Bonchev–Trinajstić information content (AvgIpc) is 2.24. The van der Waals surface area contributed by atoms with Gasteiger partial charge in [-0.25, -0.2) is 13.6 Å². The van der Waals surface area contributed by atoms with Crippen molar-refractivity contribution in [3.8, 4) is 0 Å². The van der Waals surface area contributed by atoms with Gasteiger partial charge in [0.25, 0.3) is 5.92 Å². The maximum Gasteiger partial charge on any atom is 0.320 e. The van der Waals surface area contributed by atoms with Gasteiger partial charge in [0.2, 0.25) is 0 Å². The third-order valence-electron chi connectivity index (χ3n) is 3.07. The van der Waals surface area contributed by atoms with Gasteiger partial charge in [0, 0.05) is 26.3 Å². The summed E-state index contributed by atoms with van der Waals surface area (Å²) < 4.78 is 31.9. The zero-order valence-electron chi connectivity index (χ0n) is 9.29. The fourth-order valence-corrected chi connectivity index (χ4v) is 2.28. The molecule has 0 bridgehead atoms. The first kappa shape index (κ1) is 11.6. The predicted octanol–water partition coefficient (Wildman–Crippen LogP) is 1.17. The van der Waals surface area contributed by atoms with Gasteiger partial charge >= 0.3 is 6.03 Å². The summed E-state index contributed by atoms with van der Waals surface area (Å²) in [6.07, 6.45) is 1.30. The maximum absolute atomic E-state index is 13.4. The number of ether oxygens (including phenoxy) is 1. The van der Waals surface area contributed by atoms with Crippen molar-refractivity contribution in [1.82, 2.24) is 9.80 Å². The summed E-state index contributed by atoms with van der Waals surface area (Å²) in [6, 6.07) is -0.396. The van der Waals surface area contributed by atoms with Crippen LogP contribution < -0.4 is 0 Å². The molecule has 2 aliphatic heterocycles. The van der Waals surface area contributed by atoms with Crippen LogP contribution in [0.4, 0.5) is 13.6 Å². The molecule has 0 spiro atoms. The Morgan fingerprint density at radius 3 is 2.56 bits per heavy atom. The summed E-state index contributed by atoms with van der Waals surface area (Å²) in [6.45, 7) is 0.153. The van der Waals surface area contributed by atoms with Crippen molar-refractivity contribution in [3.63, 3.8) is 0 Å². The molecule has 0 saturated carbocycles. The Morgan fingerprint density at radius 2 is 1.94 bits per heavy atom. The molecule has 6 heteroatoms. The lowest BCUT2D eigenvalue weighted by molar-refractivity contribution is -0.0824. The Morgan fingerprint density at radius 1 is 1.31 bits per heavy atom. The van der Waals surface area contributed by atoms with E-state index >= 15 is 0 Å². The molecule has 0 aromatic rings. The number of alkyl halides is 2. The van der Waals surface area contributed by atoms with Gasteiger partial charge in [0.15, 0.2) is 0 Å². The predicted molar refractivity (Wildman–Crippen MR) is 53.5 cm³/mol. The van der Waals surface area contributed by atoms with Gasteiger partial charge in [0.1, 0.15) is 0 Å². The molecule has 0 atom stereocenters. The highest BCUT2D eigenvalue weighted by Gasteiger charge is 2.44. The number of hydrogen-bond acceptors (Lipinski definition) is 2. The van der Waals surface area contributed by atoms with Crippen molar-refractivity contribution in [2.75, 3.05) is 33.4 Å². The van der Waals surface area contributed by atoms with Crippen LogP contribution in [0, 0.1) is 0 Å². The second-order valence-corrected chi connectivity index (χ2v) is 4.47. The van der Waals surface area contributed by atoms with Crippen LogP contribution in [0.15, 0.2) is 0 Å². The van der Waals surface area contributed by atoms with Gasteiger partial charge in [-0.2, -0.15) is 0 Å². The highest BCUT2D eigenvalue weighted by molar-refractivity contribution is 5.75. The Kier molecular flexibility index (Phi) is 3.01. The molecule has 2 fully saturated rings. The normalized spacial score (nSPS) is 27.3. The van der Waals surface area contributed by atoms with Crippen LogP contribution in [0.25, 0.3) is 0 Å². The average molecular weight is 234 g/mol. The SMILES string of the molecule is CN1CC(F)(F)CN(C2CCOCC2)C1=O. The summed E-state index contributed by atoms with van der Waals surface area (Å²) in [7, 11) is 1.42. The monoisotopic (exact) mass is 234 g/mol. The van der Waals surface area contributed by atoms with Crippen molar-refractivity contribution in [1.29, 1.82) is 0 Å². The minimum atomic E-state index is -2.80. The fourth-order valence-electron chi connectivity index (χ4n) is 2.28. The lowest BCUT2D eigenvalue weighted by Crippen LogP contribution is -2.60. The van der Waals surface area contributed by atoms with E-state index in [0.29, 0.717) is 26.1 Å². The third kappa shape index (κ3) is 2.26. The number of hydrogen-bond donors (Lipinski definition) is 0. The van der Waals surface area contributed by atoms with Crippen molar-refractivity contribution in [3.05, 3.63) is 0 Å². The van der Waals surface area contributed by atoms with Crippen molar-refractivity contribution < 1.29 is 18.3 Å². The van der Waals surface area contributed by atoms with E-state index in [2.05, 4.69) is 0 Å². The molecule has 0 unspecified atom stereocenters. The van der Waals surface area contributed by atoms with Gasteiger partial charge in [-0.3, -0.25) is 0 Å². The van der Waals surface area contributed by atoms with Gasteiger partial charge in [0.05, 0.1) is 13.1 Å². The number of rotatable bonds is 1. The summed E-state index contributed by atoms with van der Waals surface area (Å²) in [5.41, 5.74) is 0. The number of nitrogens with zero attached hydrogens (tertiary/aromatic N) is 2. The van der Waals surface area contributed by atoms with Crippen LogP contribution in [0.2, 0.25) is 0 Å². The van der Waals surface area contributed by atoms with Gasteiger partial charge < -0.3 is 14.5 Å². The van der Waals surface area contributed by atoms with E-state index in [9.17, 15) is 13.6 Å².